The van der Waals surface area contributed by atoms with E-state index in [4.69, 9.17) is 10.00 Å². The summed E-state index contributed by atoms with van der Waals surface area (Å²) >= 11 is 3.34. The van der Waals surface area contributed by atoms with Gasteiger partial charge in [0.1, 0.15) is 12.4 Å². The van der Waals surface area contributed by atoms with Crippen molar-refractivity contribution in [1.82, 2.24) is 5.32 Å². The monoisotopic (exact) mass is 348 g/mol. The number of nitrogens with one attached hydrogen (secondary N) is 1. The van der Waals surface area contributed by atoms with Crippen LogP contribution in [0.25, 0.3) is 0 Å². The smallest absolute Gasteiger partial charge is 0.245 e. The molecule has 1 heterocycles. The van der Waals surface area contributed by atoms with Crippen LogP contribution in [-0.2, 0) is 9.59 Å². The van der Waals surface area contributed by atoms with Gasteiger partial charge in [0.15, 0.2) is 11.7 Å². The molecule has 2 unspecified atom stereocenters. The second-order valence-electron chi connectivity index (χ2n) is 4.54. The third-order valence-corrected chi connectivity index (χ3v) is 3.69. The van der Waals surface area contributed by atoms with Gasteiger partial charge in [0.2, 0.25) is 5.91 Å². The van der Waals surface area contributed by atoms with Crippen LogP contribution in [-0.4, -0.2) is 24.8 Å². The van der Waals surface area contributed by atoms with Gasteiger partial charge in [-0.15, -0.1) is 6.58 Å². The molecule has 0 bridgehead atoms. The quantitative estimate of drug-likeness (QED) is 0.651. The Hall–Kier alpha value is -2.13. The lowest BCUT2D eigenvalue weighted by Crippen LogP contribution is -2.37. The first-order chi connectivity index (χ1) is 10.1. The summed E-state index contributed by atoms with van der Waals surface area (Å²) in [5.41, 5.74) is 0.700. The molecule has 0 saturated heterocycles. The average molecular weight is 349 g/mol. The summed E-state index contributed by atoms with van der Waals surface area (Å²) in [6.45, 7) is 3.84. The molecule has 2 atom stereocenters. The number of nitrogens with zero attached hydrogens (tertiary/aromatic N) is 1. The highest BCUT2D eigenvalue weighted by Gasteiger charge is 2.38. The van der Waals surface area contributed by atoms with E-state index in [0.29, 0.717) is 11.3 Å². The lowest BCUT2D eigenvalue weighted by atomic mass is 9.89. The Morgan fingerprint density at radius 3 is 3.05 bits per heavy atom. The summed E-state index contributed by atoms with van der Waals surface area (Å²) in [6, 6.07) is 7.11. The number of amides is 1. The van der Waals surface area contributed by atoms with Crippen molar-refractivity contribution >= 4 is 27.6 Å². The number of ether oxygens (including phenoxy) is 1. The fraction of sp³-hybridized carbons (Fsp3) is 0.267. The predicted molar refractivity (Wildman–Crippen MR) is 79.7 cm³/mol. The lowest BCUT2D eigenvalue weighted by molar-refractivity contribution is -0.132. The second-order valence-corrected chi connectivity index (χ2v) is 5.46. The summed E-state index contributed by atoms with van der Waals surface area (Å²) in [7, 11) is 0. The van der Waals surface area contributed by atoms with Gasteiger partial charge in [-0.05, 0) is 18.2 Å². The zero-order valence-electron chi connectivity index (χ0n) is 11.1. The number of hydrogen-bond acceptors (Lipinski definition) is 4. The van der Waals surface area contributed by atoms with E-state index in [1.54, 1.807) is 18.2 Å². The van der Waals surface area contributed by atoms with E-state index in [9.17, 15) is 9.59 Å². The number of carbonyl (C=O) groups is 2. The van der Waals surface area contributed by atoms with Gasteiger partial charge < -0.3 is 10.1 Å². The van der Waals surface area contributed by atoms with Crippen LogP contribution in [0.1, 0.15) is 11.5 Å². The number of benzene rings is 1. The summed E-state index contributed by atoms with van der Waals surface area (Å²) in [5.74, 6) is -2.39. The Labute approximate surface area is 130 Å². The van der Waals surface area contributed by atoms with E-state index in [1.165, 1.54) is 6.08 Å². The molecule has 0 aliphatic carbocycles. The van der Waals surface area contributed by atoms with Gasteiger partial charge >= 0.3 is 0 Å². The molecule has 0 spiro atoms. The van der Waals surface area contributed by atoms with Crippen molar-refractivity contribution in [2.24, 2.45) is 5.92 Å². The van der Waals surface area contributed by atoms with Crippen LogP contribution in [0, 0.1) is 17.2 Å². The van der Waals surface area contributed by atoms with E-state index in [0.717, 1.165) is 4.47 Å². The fourth-order valence-electron chi connectivity index (χ4n) is 2.15. The minimum absolute atomic E-state index is 0.150. The molecule has 0 fully saturated rings. The molecular formula is C15H13BrN2O3. The van der Waals surface area contributed by atoms with Crippen LogP contribution < -0.4 is 10.1 Å². The average Bonchev–Trinajstić information content (AvgIpc) is 2.88. The first-order valence-corrected chi connectivity index (χ1v) is 7.12. The van der Waals surface area contributed by atoms with Gasteiger partial charge in [0.05, 0.1) is 12.0 Å². The highest BCUT2D eigenvalue weighted by molar-refractivity contribution is 9.10. The summed E-state index contributed by atoms with van der Waals surface area (Å²) in [5, 5.41) is 11.6. The molecule has 2 rings (SSSR count). The molecule has 1 aromatic carbocycles. The summed E-state index contributed by atoms with van der Waals surface area (Å²) in [4.78, 5) is 24.3. The van der Waals surface area contributed by atoms with Crippen LogP contribution in [0.4, 0.5) is 0 Å². The Balaban J connectivity index is 2.21. The summed E-state index contributed by atoms with van der Waals surface area (Å²) < 4.78 is 6.26. The highest BCUT2D eigenvalue weighted by atomic mass is 79.9. The number of carbonyl (C=O) groups excluding carboxylic acids is 2. The zero-order chi connectivity index (χ0) is 15.4. The van der Waals surface area contributed by atoms with Crippen molar-refractivity contribution in [2.75, 3.05) is 13.2 Å². The highest BCUT2D eigenvalue weighted by Crippen LogP contribution is 2.37. The molecule has 1 aromatic rings. The van der Waals surface area contributed by atoms with E-state index >= 15 is 0 Å². The van der Waals surface area contributed by atoms with Crippen molar-refractivity contribution < 1.29 is 14.3 Å². The van der Waals surface area contributed by atoms with Gasteiger partial charge in [-0.3, -0.25) is 9.59 Å². The van der Waals surface area contributed by atoms with Crippen LogP contribution >= 0.6 is 15.9 Å². The van der Waals surface area contributed by atoms with Crippen molar-refractivity contribution in [2.45, 2.75) is 5.92 Å². The molecule has 0 saturated carbocycles. The molecule has 1 amide bonds. The number of halogens is 1. The first kappa shape index (κ1) is 15.3. The normalized spacial score (nSPS) is 17.0. The van der Waals surface area contributed by atoms with Crippen LogP contribution in [0.2, 0.25) is 0 Å². The first-order valence-electron chi connectivity index (χ1n) is 6.32. The SMILES string of the molecule is C=CCNC(=O)C(C#N)C(=O)C1COc2ccc(Br)cc21. The van der Waals surface area contributed by atoms with Crippen molar-refractivity contribution in [3.8, 4) is 11.8 Å². The van der Waals surface area contributed by atoms with Crippen molar-refractivity contribution in [3.05, 3.63) is 40.9 Å². The molecule has 1 N–H and O–H groups in total. The van der Waals surface area contributed by atoms with Gasteiger partial charge in [-0.25, -0.2) is 0 Å². The Kier molecular flexibility index (Phi) is 4.76. The number of nitriles is 1. The largest absolute Gasteiger partial charge is 0.492 e. The predicted octanol–water partition coefficient (Wildman–Crippen LogP) is 1.94. The number of rotatable bonds is 5. The maximum absolute atomic E-state index is 12.5. The van der Waals surface area contributed by atoms with Crippen LogP contribution in [0.5, 0.6) is 5.75 Å². The number of fused-ring (bicyclic) bond motifs is 1. The lowest BCUT2D eigenvalue weighted by Gasteiger charge is -2.12. The molecule has 0 radical (unpaired) electrons. The minimum Gasteiger partial charge on any atom is -0.492 e. The molecular weight excluding hydrogens is 336 g/mol. The zero-order valence-corrected chi connectivity index (χ0v) is 12.7. The minimum atomic E-state index is -1.34. The van der Waals surface area contributed by atoms with Crippen molar-refractivity contribution in [1.29, 1.82) is 5.26 Å². The van der Waals surface area contributed by atoms with E-state index in [-0.39, 0.29) is 13.2 Å². The second kappa shape index (κ2) is 6.55. The maximum Gasteiger partial charge on any atom is 0.245 e. The van der Waals surface area contributed by atoms with Gasteiger partial charge in [-0.2, -0.15) is 5.26 Å². The molecule has 1 aliphatic rings. The molecule has 6 heteroatoms. The van der Waals surface area contributed by atoms with Gasteiger partial charge in [-0.1, -0.05) is 22.0 Å². The van der Waals surface area contributed by atoms with E-state index < -0.39 is 23.5 Å². The molecule has 1 aliphatic heterocycles. The van der Waals surface area contributed by atoms with E-state index in [2.05, 4.69) is 27.8 Å². The number of hydrogen-bond donors (Lipinski definition) is 1. The van der Waals surface area contributed by atoms with Crippen LogP contribution in [0.3, 0.4) is 0 Å². The topological polar surface area (TPSA) is 79.2 Å². The Morgan fingerprint density at radius 2 is 2.38 bits per heavy atom. The van der Waals surface area contributed by atoms with Gasteiger partial charge in [0.25, 0.3) is 0 Å². The maximum atomic E-state index is 12.5. The summed E-state index contributed by atoms with van der Waals surface area (Å²) in [6.07, 6.45) is 1.49. The molecule has 108 valence electrons. The molecule has 5 nitrogen and oxygen atoms in total. The van der Waals surface area contributed by atoms with Crippen LogP contribution in [0.15, 0.2) is 35.3 Å². The third-order valence-electron chi connectivity index (χ3n) is 3.19. The molecule has 0 aromatic heterocycles. The number of ketones is 1. The Morgan fingerprint density at radius 1 is 1.62 bits per heavy atom. The fourth-order valence-corrected chi connectivity index (χ4v) is 2.53. The standard InChI is InChI=1S/C15H13BrN2O3/c1-2-5-18-15(20)11(7-17)14(19)12-8-21-13-4-3-9(16)6-10(12)13/h2-4,6,11-12H,1,5,8H2,(H,18,20). The third kappa shape index (κ3) is 3.14. The van der Waals surface area contributed by atoms with E-state index in [1.807, 2.05) is 6.07 Å². The number of Topliss-reactive ketones (excluding diaryl/α,β-unsaturated/α-hetero) is 1. The molecule has 21 heavy (non-hydrogen) atoms. The Bertz CT molecular complexity index is 636. The van der Waals surface area contributed by atoms with Gasteiger partial charge in [0, 0.05) is 16.6 Å². The van der Waals surface area contributed by atoms with Crippen molar-refractivity contribution in [3.63, 3.8) is 0 Å².